The van der Waals surface area contributed by atoms with Gasteiger partial charge in [0.05, 0.1) is 6.61 Å². The SMILES string of the molecule is C[C@@H]1CC(=O)N(C)C=C1CO. The van der Waals surface area contributed by atoms with Crippen molar-refractivity contribution in [3.63, 3.8) is 0 Å². The molecule has 0 radical (unpaired) electrons. The highest BCUT2D eigenvalue weighted by molar-refractivity contribution is 5.78. The van der Waals surface area contributed by atoms with Gasteiger partial charge in [-0.2, -0.15) is 0 Å². The smallest absolute Gasteiger partial charge is 0.226 e. The molecule has 0 aliphatic carbocycles. The van der Waals surface area contributed by atoms with Crippen LogP contribution in [0.5, 0.6) is 0 Å². The molecule has 1 aliphatic rings. The number of carbonyl (C=O) groups is 1. The molecular weight excluding hydrogens is 142 g/mol. The Labute approximate surface area is 66.3 Å². The number of nitrogens with zero attached hydrogens (tertiary/aromatic N) is 1. The van der Waals surface area contributed by atoms with Crippen molar-refractivity contribution in [1.82, 2.24) is 4.90 Å². The lowest BCUT2D eigenvalue weighted by Crippen LogP contribution is -2.29. The third kappa shape index (κ3) is 1.60. The number of amides is 1. The van der Waals surface area contributed by atoms with E-state index in [9.17, 15) is 4.79 Å². The summed E-state index contributed by atoms with van der Waals surface area (Å²) in [5, 5.41) is 8.86. The first kappa shape index (κ1) is 8.27. The van der Waals surface area contributed by atoms with Gasteiger partial charge in [0, 0.05) is 19.7 Å². The first-order valence-corrected chi connectivity index (χ1v) is 3.72. The largest absolute Gasteiger partial charge is 0.392 e. The minimum atomic E-state index is 0.0544. The third-order valence-electron chi connectivity index (χ3n) is 2.05. The minimum absolute atomic E-state index is 0.0544. The van der Waals surface area contributed by atoms with Crippen LogP contribution in [0.1, 0.15) is 13.3 Å². The van der Waals surface area contributed by atoms with Crippen LogP contribution in [-0.4, -0.2) is 29.6 Å². The van der Waals surface area contributed by atoms with E-state index in [2.05, 4.69) is 0 Å². The Morgan fingerprint density at radius 3 is 3.00 bits per heavy atom. The number of hydrogen-bond acceptors (Lipinski definition) is 2. The zero-order valence-corrected chi connectivity index (χ0v) is 6.87. The van der Waals surface area contributed by atoms with Gasteiger partial charge in [-0.3, -0.25) is 4.79 Å². The molecular formula is C8H13NO2. The molecule has 1 amide bonds. The lowest BCUT2D eigenvalue weighted by atomic mass is 9.95. The Bertz CT molecular complexity index is 198. The average Bonchev–Trinajstić information content (AvgIpc) is 1.97. The summed E-state index contributed by atoms with van der Waals surface area (Å²) in [7, 11) is 1.71. The van der Waals surface area contributed by atoms with Gasteiger partial charge in [-0.25, -0.2) is 0 Å². The first-order chi connectivity index (χ1) is 5.15. The molecule has 0 fully saturated rings. The second kappa shape index (κ2) is 3.05. The summed E-state index contributed by atoms with van der Waals surface area (Å²) in [5.74, 6) is 0.318. The molecule has 1 aliphatic heterocycles. The summed E-state index contributed by atoms with van der Waals surface area (Å²) in [5.41, 5.74) is 0.937. The van der Waals surface area contributed by atoms with Crippen LogP contribution >= 0.6 is 0 Å². The van der Waals surface area contributed by atoms with Gasteiger partial charge in [0.1, 0.15) is 0 Å². The van der Waals surface area contributed by atoms with E-state index in [1.165, 1.54) is 4.90 Å². The van der Waals surface area contributed by atoms with Gasteiger partial charge in [0.25, 0.3) is 0 Å². The van der Waals surface area contributed by atoms with Gasteiger partial charge in [0.15, 0.2) is 0 Å². The predicted molar refractivity (Wildman–Crippen MR) is 41.7 cm³/mol. The highest BCUT2D eigenvalue weighted by Crippen LogP contribution is 2.20. The van der Waals surface area contributed by atoms with Crippen molar-refractivity contribution in [3.05, 3.63) is 11.8 Å². The third-order valence-corrected chi connectivity index (χ3v) is 2.05. The van der Waals surface area contributed by atoms with Gasteiger partial charge in [-0.15, -0.1) is 0 Å². The van der Waals surface area contributed by atoms with E-state index in [-0.39, 0.29) is 18.4 Å². The Morgan fingerprint density at radius 1 is 1.82 bits per heavy atom. The highest BCUT2D eigenvalue weighted by Gasteiger charge is 2.20. The van der Waals surface area contributed by atoms with Crippen LogP contribution in [-0.2, 0) is 4.79 Å². The van der Waals surface area contributed by atoms with Crippen LogP contribution < -0.4 is 0 Å². The van der Waals surface area contributed by atoms with Crippen LogP contribution in [0.25, 0.3) is 0 Å². The Balaban J connectivity index is 2.78. The second-order valence-electron chi connectivity index (χ2n) is 2.97. The quantitative estimate of drug-likeness (QED) is 0.594. The van der Waals surface area contributed by atoms with Crippen molar-refractivity contribution in [3.8, 4) is 0 Å². The van der Waals surface area contributed by atoms with Crippen molar-refractivity contribution in [2.75, 3.05) is 13.7 Å². The molecule has 0 saturated heterocycles. The fraction of sp³-hybridized carbons (Fsp3) is 0.625. The summed E-state index contributed by atoms with van der Waals surface area (Å²) < 4.78 is 0. The molecule has 1 N–H and O–H groups in total. The summed E-state index contributed by atoms with van der Waals surface area (Å²) in [6, 6.07) is 0. The highest BCUT2D eigenvalue weighted by atomic mass is 16.3. The number of aliphatic hydroxyl groups excluding tert-OH is 1. The maximum Gasteiger partial charge on any atom is 0.226 e. The second-order valence-corrected chi connectivity index (χ2v) is 2.97. The number of carbonyl (C=O) groups excluding carboxylic acids is 1. The zero-order valence-electron chi connectivity index (χ0n) is 6.87. The Kier molecular flexibility index (Phi) is 2.29. The van der Waals surface area contributed by atoms with Crippen molar-refractivity contribution in [2.24, 2.45) is 5.92 Å². The fourth-order valence-corrected chi connectivity index (χ4v) is 1.18. The lowest BCUT2D eigenvalue weighted by molar-refractivity contribution is -0.129. The Morgan fingerprint density at radius 2 is 2.45 bits per heavy atom. The standard InChI is InChI=1S/C8H13NO2/c1-6-3-8(11)9(2)4-7(6)5-10/h4,6,10H,3,5H2,1-2H3/t6-/m1/s1. The van der Waals surface area contributed by atoms with Crippen molar-refractivity contribution >= 4 is 5.91 Å². The molecule has 62 valence electrons. The molecule has 0 unspecified atom stereocenters. The van der Waals surface area contributed by atoms with E-state index in [1.54, 1.807) is 13.2 Å². The summed E-state index contributed by atoms with van der Waals surface area (Å²) >= 11 is 0. The maximum absolute atomic E-state index is 11.1. The number of aliphatic hydroxyl groups is 1. The van der Waals surface area contributed by atoms with Crippen LogP contribution in [0.2, 0.25) is 0 Å². The van der Waals surface area contributed by atoms with Crippen LogP contribution in [0.15, 0.2) is 11.8 Å². The Hall–Kier alpha value is -0.830. The van der Waals surface area contributed by atoms with E-state index < -0.39 is 0 Å². The summed E-state index contributed by atoms with van der Waals surface area (Å²) in [4.78, 5) is 12.6. The van der Waals surface area contributed by atoms with Crippen LogP contribution in [0.3, 0.4) is 0 Å². The first-order valence-electron chi connectivity index (χ1n) is 3.72. The molecule has 0 aromatic carbocycles. The normalized spacial score (nSPS) is 25.4. The molecule has 1 atom stereocenters. The van der Waals surface area contributed by atoms with Gasteiger partial charge in [0.2, 0.25) is 5.91 Å². The predicted octanol–water partition coefficient (Wildman–Crippen LogP) is 0.361. The average molecular weight is 155 g/mol. The zero-order chi connectivity index (χ0) is 8.43. The molecule has 0 bridgehead atoms. The molecule has 3 heteroatoms. The van der Waals surface area contributed by atoms with E-state index in [0.29, 0.717) is 6.42 Å². The molecule has 1 heterocycles. The fourth-order valence-electron chi connectivity index (χ4n) is 1.18. The monoisotopic (exact) mass is 155 g/mol. The van der Waals surface area contributed by atoms with Gasteiger partial charge in [-0.1, -0.05) is 6.92 Å². The number of hydrogen-bond donors (Lipinski definition) is 1. The topological polar surface area (TPSA) is 40.5 Å². The lowest BCUT2D eigenvalue weighted by Gasteiger charge is -2.24. The molecule has 11 heavy (non-hydrogen) atoms. The maximum atomic E-state index is 11.1. The van der Waals surface area contributed by atoms with Crippen molar-refractivity contribution < 1.29 is 9.90 Å². The van der Waals surface area contributed by atoms with E-state index in [4.69, 9.17) is 5.11 Å². The van der Waals surface area contributed by atoms with Crippen molar-refractivity contribution in [2.45, 2.75) is 13.3 Å². The van der Waals surface area contributed by atoms with Gasteiger partial charge >= 0.3 is 0 Å². The summed E-state index contributed by atoms with van der Waals surface area (Å²) in [6.45, 7) is 2.01. The van der Waals surface area contributed by atoms with E-state index in [1.807, 2.05) is 6.92 Å². The molecule has 0 saturated carbocycles. The van der Waals surface area contributed by atoms with Gasteiger partial charge < -0.3 is 10.0 Å². The molecule has 1 rings (SSSR count). The van der Waals surface area contributed by atoms with Crippen LogP contribution in [0, 0.1) is 5.92 Å². The van der Waals surface area contributed by atoms with Crippen LogP contribution in [0.4, 0.5) is 0 Å². The van der Waals surface area contributed by atoms with Crippen molar-refractivity contribution in [1.29, 1.82) is 0 Å². The molecule has 0 spiro atoms. The molecule has 0 aromatic rings. The molecule has 0 aromatic heterocycles. The molecule has 3 nitrogen and oxygen atoms in total. The minimum Gasteiger partial charge on any atom is -0.392 e. The summed E-state index contributed by atoms with van der Waals surface area (Å²) in [6.07, 6.45) is 2.24. The van der Waals surface area contributed by atoms with E-state index in [0.717, 1.165) is 5.57 Å². The number of rotatable bonds is 1. The van der Waals surface area contributed by atoms with Gasteiger partial charge in [-0.05, 0) is 11.5 Å². The van der Waals surface area contributed by atoms with E-state index >= 15 is 0 Å².